The van der Waals surface area contributed by atoms with Crippen molar-refractivity contribution in [1.29, 1.82) is 0 Å². The predicted octanol–water partition coefficient (Wildman–Crippen LogP) is 1.79. The number of alkyl halides is 3. The Bertz CT molecular complexity index is 450. The van der Waals surface area contributed by atoms with Crippen LogP contribution in [0.4, 0.5) is 13.2 Å². The minimum Gasteiger partial charge on any atom is -0.404 e. The van der Waals surface area contributed by atoms with Crippen molar-refractivity contribution < 1.29 is 26.3 Å². The summed E-state index contributed by atoms with van der Waals surface area (Å²) in [4.78, 5) is -0.540. The van der Waals surface area contributed by atoms with Crippen LogP contribution in [0.25, 0.3) is 0 Å². The summed E-state index contributed by atoms with van der Waals surface area (Å²) in [7, 11) is -3.76. The van der Waals surface area contributed by atoms with Crippen molar-refractivity contribution in [2.45, 2.75) is 11.3 Å². The highest BCUT2D eigenvalue weighted by Crippen LogP contribution is 2.28. The molecule has 0 spiro atoms. The lowest BCUT2D eigenvalue weighted by molar-refractivity contribution is -0.275. The Labute approximate surface area is 84.4 Å². The number of sulfone groups is 1. The second kappa shape index (κ2) is 3.73. The van der Waals surface area contributed by atoms with Crippen molar-refractivity contribution in [3.63, 3.8) is 0 Å². The van der Waals surface area contributed by atoms with Crippen LogP contribution in [-0.2, 0) is 9.84 Å². The van der Waals surface area contributed by atoms with E-state index >= 15 is 0 Å². The third-order valence-electron chi connectivity index (χ3n) is 1.41. The number of halogens is 3. The van der Waals surface area contributed by atoms with Gasteiger partial charge in [-0.25, -0.2) is 8.42 Å². The highest BCUT2D eigenvalue weighted by molar-refractivity contribution is 7.90. The number of rotatable bonds is 2. The van der Waals surface area contributed by atoms with Gasteiger partial charge in [0.2, 0.25) is 0 Å². The van der Waals surface area contributed by atoms with Crippen molar-refractivity contribution in [2.24, 2.45) is 0 Å². The van der Waals surface area contributed by atoms with Gasteiger partial charge in [-0.1, -0.05) is 6.07 Å². The molecule has 15 heavy (non-hydrogen) atoms. The minimum absolute atomic E-state index is 0.540. The maximum atomic E-state index is 11.9. The Hall–Kier alpha value is -1.24. The molecule has 0 aliphatic heterocycles. The average molecular weight is 239 g/mol. The van der Waals surface area contributed by atoms with E-state index in [2.05, 4.69) is 10.8 Å². The van der Waals surface area contributed by atoms with E-state index in [-0.39, 0.29) is 0 Å². The van der Waals surface area contributed by atoms with Crippen LogP contribution in [0.1, 0.15) is 0 Å². The van der Waals surface area contributed by atoms with Crippen molar-refractivity contribution >= 4 is 9.84 Å². The summed E-state index contributed by atoms with van der Waals surface area (Å²) in [6.45, 7) is 0. The number of hydrogen-bond acceptors (Lipinski definition) is 3. The molecule has 1 rings (SSSR count). The number of ether oxygens (including phenoxy) is 1. The Balaban J connectivity index is 3.20. The smallest absolute Gasteiger partial charge is 0.404 e. The van der Waals surface area contributed by atoms with Crippen molar-refractivity contribution in [3.05, 3.63) is 24.3 Å². The van der Waals surface area contributed by atoms with Crippen LogP contribution in [0.3, 0.4) is 0 Å². The molecule has 0 saturated carbocycles. The molecule has 0 aliphatic carbocycles. The van der Waals surface area contributed by atoms with Gasteiger partial charge in [0.15, 0.2) is 9.84 Å². The fourth-order valence-electron chi connectivity index (χ4n) is 0.900. The highest BCUT2D eigenvalue weighted by Gasteiger charge is 2.33. The molecule has 0 aliphatic rings. The molecule has 0 aromatic heterocycles. The summed E-state index contributed by atoms with van der Waals surface area (Å²) >= 11 is 0. The first-order chi connectivity index (χ1) is 6.70. The molecule has 0 amide bonds. The van der Waals surface area contributed by atoms with Crippen molar-refractivity contribution in [1.82, 2.24) is 0 Å². The minimum atomic E-state index is -4.92. The summed E-state index contributed by atoms with van der Waals surface area (Å²) in [6, 6.07) is 5.32. The zero-order valence-corrected chi connectivity index (χ0v) is 8.32. The third kappa shape index (κ3) is 3.43. The molecule has 3 nitrogen and oxygen atoms in total. The lowest BCUT2D eigenvalue weighted by atomic mass is 10.3. The summed E-state index contributed by atoms with van der Waals surface area (Å²) in [5, 5.41) is 0. The molecule has 0 saturated heterocycles. The molecule has 83 valence electrons. The topological polar surface area (TPSA) is 43.4 Å². The van der Waals surface area contributed by atoms with E-state index in [1.54, 1.807) is 0 Å². The van der Waals surface area contributed by atoms with Crippen LogP contribution in [0, 0.1) is 6.07 Å². The monoisotopic (exact) mass is 239 g/mol. The predicted molar refractivity (Wildman–Crippen MR) is 45.1 cm³/mol. The Morgan fingerprint density at radius 3 is 2.47 bits per heavy atom. The lowest BCUT2D eigenvalue weighted by Crippen LogP contribution is -2.18. The zero-order chi connectivity index (χ0) is 11.7. The van der Waals surface area contributed by atoms with E-state index in [4.69, 9.17) is 0 Å². The fraction of sp³-hybridized carbons (Fsp3) is 0.250. The van der Waals surface area contributed by atoms with Gasteiger partial charge in [-0.05, 0) is 18.2 Å². The largest absolute Gasteiger partial charge is 0.573 e. The Morgan fingerprint density at radius 1 is 1.40 bits per heavy atom. The fourth-order valence-corrected chi connectivity index (χ4v) is 1.66. The Morgan fingerprint density at radius 2 is 2.00 bits per heavy atom. The molecule has 1 aromatic rings. The van der Waals surface area contributed by atoms with Gasteiger partial charge in [0.05, 0.1) is 0 Å². The van der Waals surface area contributed by atoms with Crippen LogP contribution >= 0.6 is 0 Å². The molecule has 0 heterocycles. The summed E-state index contributed by atoms with van der Waals surface area (Å²) in [6.07, 6.45) is -4.12. The van der Waals surface area contributed by atoms with E-state index in [0.29, 0.717) is 0 Å². The Kier molecular flexibility index (Phi) is 2.94. The van der Waals surface area contributed by atoms with Gasteiger partial charge in [-0.2, -0.15) is 0 Å². The molecule has 0 atom stereocenters. The van der Waals surface area contributed by atoms with Crippen molar-refractivity contribution in [3.8, 4) is 5.75 Å². The maximum Gasteiger partial charge on any atom is 0.573 e. The molecule has 1 radical (unpaired) electrons. The van der Waals surface area contributed by atoms with Gasteiger partial charge in [0, 0.05) is 6.26 Å². The summed E-state index contributed by atoms with van der Waals surface area (Å²) in [5.41, 5.74) is 0. The van der Waals surface area contributed by atoms with Crippen LogP contribution in [-0.4, -0.2) is 21.0 Å². The summed E-state index contributed by atoms with van der Waals surface area (Å²) in [5.74, 6) is -0.747. The molecule has 0 N–H and O–H groups in total. The van der Waals surface area contributed by atoms with Gasteiger partial charge in [-0.3, -0.25) is 0 Å². The van der Waals surface area contributed by atoms with Gasteiger partial charge in [-0.15, -0.1) is 13.2 Å². The molecular weight excluding hydrogens is 233 g/mol. The molecular formula is C8H6F3O3S. The van der Waals surface area contributed by atoms with E-state index in [1.807, 2.05) is 0 Å². The van der Waals surface area contributed by atoms with E-state index in [0.717, 1.165) is 24.5 Å². The second-order valence-electron chi connectivity index (χ2n) is 2.69. The summed E-state index contributed by atoms with van der Waals surface area (Å²) < 4.78 is 61.4. The van der Waals surface area contributed by atoms with Gasteiger partial charge < -0.3 is 4.74 Å². The quantitative estimate of drug-likeness (QED) is 0.790. The van der Waals surface area contributed by atoms with Crippen LogP contribution in [0.2, 0.25) is 0 Å². The van der Waals surface area contributed by atoms with Gasteiger partial charge >= 0.3 is 6.36 Å². The molecule has 0 bridgehead atoms. The van der Waals surface area contributed by atoms with Gasteiger partial charge in [0.1, 0.15) is 10.6 Å². The van der Waals surface area contributed by atoms with Crippen LogP contribution in [0.15, 0.2) is 23.1 Å². The standard InChI is InChI=1S/C8H6F3O3S/c1-15(12,13)7-5-3-2-4-6(7)14-8(9,10)11/h2,4-5H,1H3. The molecule has 7 heteroatoms. The highest BCUT2D eigenvalue weighted by atomic mass is 32.2. The van der Waals surface area contributed by atoms with Gasteiger partial charge in [0.25, 0.3) is 0 Å². The van der Waals surface area contributed by atoms with E-state index in [1.165, 1.54) is 0 Å². The molecule has 0 fully saturated rings. The zero-order valence-electron chi connectivity index (χ0n) is 7.50. The van der Waals surface area contributed by atoms with Crippen molar-refractivity contribution in [2.75, 3.05) is 6.26 Å². The molecule has 1 aromatic carbocycles. The number of benzene rings is 1. The first-order valence-corrected chi connectivity index (χ1v) is 5.55. The molecule has 0 unspecified atom stereocenters. The average Bonchev–Trinajstić information content (AvgIpc) is 1.99. The lowest BCUT2D eigenvalue weighted by Gasteiger charge is -2.11. The van der Waals surface area contributed by atoms with E-state index in [9.17, 15) is 21.6 Å². The SMILES string of the molecule is CS(=O)(=O)c1c[c]ccc1OC(F)(F)F. The maximum absolute atomic E-state index is 11.9. The normalized spacial score (nSPS) is 12.5. The number of hydrogen-bond donors (Lipinski definition) is 0. The van der Waals surface area contributed by atoms with Crippen LogP contribution < -0.4 is 4.74 Å². The second-order valence-corrected chi connectivity index (χ2v) is 4.68. The first-order valence-electron chi connectivity index (χ1n) is 3.66. The first kappa shape index (κ1) is 11.8. The third-order valence-corrected chi connectivity index (χ3v) is 2.53. The van der Waals surface area contributed by atoms with E-state index < -0.39 is 26.8 Å². The van der Waals surface area contributed by atoms with Crippen LogP contribution in [0.5, 0.6) is 5.75 Å².